The molecule has 0 spiro atoms. The number of rotatable bonds is 2. The first kappa shape index (κ1) is 10.9. The summed E-state index contributed by atoms with van der Waals surface area (Å²) in [6, 6.07) is 3.75. The number of hydrogen-bond acceptors (Lipinski definition) is 6. The summed E-state index contributed by atoms with van der Waals surface area (Å²) in [5.41, 5.74) is 6.61. The van der Waals surface area contributed by atoms with Gasteiger partial charge in [-0.15, -0.1) is 0 Å². The lowest BCUT2D eigenvalue weighted by atomic mass is 10.1. The highest BCUT2D eigenvalue weighted by Crippen LogP contribution is 2.27. The Morgan fingerprint density at radius 3 is 2.78 bits per heavy atom. The summed E-state index contributed by atoms with van der Waals surface area (Å²) < 4.78 is 0. The molecule has 3 rings (SSSR count). The molecule has 0 saturated carbocycles. The Kier molecular flexibility index (Phi) is 2.76. The van der Waals surface area contributed by atoms with Crippen LogP contribution in [0, 0.1) is 0 Å². The monoisotopic (exact) mass is 242 g/mol. The van der Waals surface area contributed by atoms with Crippen molar-refractivity contribution in [2.24, 2.45) is 0 Å². The molecule has 2 aromatic heterocycles. The molecule has 0 amide bonds. The maximum Gasteiger partial charge on any atom is 0.225 e. The molecule has 3 heterocycles. The van der Waals surface area contributed by atoms with Crippen LogP contribution >= 0.6 is 0 Å². The van der Waals surface area contributed by atoms with Crippen LogP contribution in [0.3, 0.4) is 0 Å². The zero-order valence-corrected chi connectivity index (χ0v) is 9.90. The largest absolute Gasteiger partial charge is 0.368 e. The van der Waals surface area contributed by atoms with E-state index in [1.807, 2.05) is 12.1 Å². The highest BCUT2D eigenvalue weighted by Gasteiger charge is 2.26. The van der Waals surface area contributed by atoms with Crippen LogP contribution in [0.2, 0.25) is 0 Å². The van der Waals surface area contributed by atoms with Crippen molar-refractivity contribution in [2.75, 3.05) is 23.7 Å². The van der Waals surface area contributed by atoms with E-state index < -0.39 is 0 Å². The van der Waals surface area contributed by atoms with Gasteiger partial charge in [-0.05, 0) is 18.6 Å². The fraction of sp³-hybridized carbons (Fsp3) is 0.333. The summed E-state index contributed by atoms with van der Waals surface area (Å²) in [5, 5.41) is 0. The van der Waals surface area contributed by atoms with Crippen molar-refractivity contribution in [3.8, 4) is 0 Å². The van der Waals surface area contributed by atoms with Gasteiger partial charge in [0.05, 0.1) is 5.69 Å². The normalized spacial score (nSPS) is 19.1. The van der Waals surface area contributed by atoms with Gasteiger partial charge < -0.3 is 10.6 Å². The predicted molar refractivity (Wildman–Crippen MR) is 68.0 cm³/mol. The van der Waals surface area contributed by atoms with Gasteiger partial charge in [0.1, 0.15) is 0 Å². The summed E-state index contributed by atoms with van der Waals surface area (Å²) in [6.07, 6.45) is 6.27. The average molecular weight is 242 g/mol. The lowest BCUT2D eigenvalue weighted by Gasteiger charge is -2.15. The molecule has 0 bridgehead atoms. The van der Waals surface area contributed by atoms with Gasteiger partial charge in [-0.3, -0.25) is 0 Å². The number of hydrogen-bond donors (Lipinski definition) is 1. The predicted octanol–water partition coefficient (Wildman–Crippen LogP) is 0.843. The van der Waals surface area contributed by atoms with Crippen molar-refractivity contribution >= 4 is 11.9 Å². The average Bonchev–Trinajstić information content (AvgIpc) is 2.89. The van der Waals surface area contributed by atoms with E-state index in [1.165, 1.54) is 0 Å². The van der Waals surface area contributed by atoms with Crippen LogP contribution in [0.25, 0.3) is 0 Å². The lowest BCUT2D eigenvalue weighted by Crippen LogP contribution is -2.21. The van der Waals surface area contributed by atoms with Crippen LogP contribution in [-0.4, -0.2) is 33.0 Å². The molecule has 0 radical (unpaired) electrons. The van der Waals surface area contributed by atoms with Crippen LogP contribution in [0.15, 0.2) is 30.7 Å². The van der Waals surface area contributed by atoms with E-state index in [0.717, 1.165) is 31.2 Å². The first-order valence-corrected chi connectivity index (χ1v) is 5.93. The summed E-state index contributed by atoms with van der Waals surface area (Å²) in [5.74, 6) is 1.49. The standard InChI is InChI=1S/C12H14N6/c13-11-14-6-2-10(17-11)9-3-7-18(8-9)12-15-4-1-5-16-12/h1-2,4-6,9H,3,7-8H2,(H2,13,14,17)/t9-/m1/s1. The van der Waals surface area contributed by atoms with E-state index >= 15 is 0 Å². The minimum Gasteiger partial charge on any atom is -0.368 e. The Hall–Kier alpha value is -2.24. The number of aromatic nitrogens is 4. The third-order valence-corrected chi connectivity index (χ3v) is 3.14. The lowest BCUT2D eigenvalue weighted by molar-refractivity contribution is 0.740. The third-order valence-electron chi connectivity index (χ3n) is 3.14. The zero-order chi connectivity index (χ0) is 12.4. The molecule has 0 aliphatic carbocycles. The second kappa shape index (κ2) is 4.56. The highest BCUT2D eigenvalue weighted by atomic mass is 15.3. The van der Waals surface area contributed by atoms with E-state index in [9.17, 15) is 0 Å². The molecule has 2 N–H and O–H groups in total. The fourth-order valence-electron chi connectivity index (χ4n) is 2.25. The summed E-state index contributed by atoms with van der Waals surface area (Å²) in [7, 11) is 0. The molecule has 6 heteroatoms. The number of anilines is 2. The van der Waals surface area contributed by atoms with Gasteiger partial charge >= 0.3 is 0 Å². The number of nitrogen functional groups attached to an aromatic ring is 1. The number of nitrogens with zero attached hydrogens (tertiary/aromatic N) is 5. The Morgan fingerprint density at radius 1 is 1.17 bits per heavy atom. The van der Waals surface area contributed by atoms with Crippen LogP contribution in [0.4, 0.5) is 11.9 Å². The van der Waals surface area contributed by atoms with Crippen LogP contribution in [0.5, 0.6) is 0 Å². The molecule has 2 aromatic rings. The van der Waals surface area contributed by atoms with E-state index in [1.54, 1.807) is 18.6 Å². The Labute approximate surface area is 105 Å². The van der Waals surface area contributed by atoms with E-state index in [-0.39, 0.29) is 0 Å². The fourth-order valence-corrected chi connectivity index (χ4v) is 2.25. The summed E-state index contributed by atoms with van der Waals surface area (Å²) in [4.78, 5) is 18.9. The Balaban J connectivity index is 1.76. The Bertz CT molecular complexity index is 529. The van der Waals surface area contributed by atoms with Gasteiger partial charge in [-0.1, -0.05) is 0 Å². The maximum atomic E-state index is 5.61. The zero-order valence-electron chi connectivity index (χ0n) is 9.90. The molecule has 1 aliphatic rings. The van der Waals surface area contributed by atoms with Crippen molar-refractivity contribution in [1.29, 1.82) is 0 Å². The smallest absolute Gasteiger partial charge is 0.225 e. The molecular weight excluding hydrogens is 228 g/mol. The van der Waals surface area contributed by atoms with Crippen molar-refractivity contribution in [2.45, 2.75) is 12.3 Å². The molecule has 1 atom stereocenters. The summed E-state index contributed by atoms with van der Waals surface area (Å²) >= 11 is 0. The minimum absolute atomic E-state index is 0.335. The van der Waals surface area contributed by atoms with Gasteiger partial charge in [-0.2, -0.15) is 0 Å². The SMILES string of the molecule is Nc1nccc([C@@H]2CCN(c3ncccn3)C2)n1. The van der Waals surface area contributed by atoms with Gasteiger partial charge in [0, 0.05) is 37.6 Å². The molecule has 18 heavy (non-hydrogen) atoms. The first-order valence-electron chi connectivity index (χ1n) is 5.93. The van der Waals surface area contributed by atoms with Crippen molar-refractivity contribution in [3.63, 3.8) is 0 Å². The maximum absolute atomic E-state index is 5.61. The molecule has 92 valence electrons. The van der Waals surface area contributed by atoms with Gasteiger partial charge in [-0.25, -0.2) is 19.9 Å². The minimum atomic E-state index is 0.335. The second-order valence-corrected chi connectivity index (χ2v) is 4.32. The Morgan fingerprint density at radius 2 is 2.00 bits per heavy atom. The van der Waals surface area contributed by atoms with Gasteiger partial charge in [0.2, 0.25) is 11.9 Å². The topological polar surface area (TPSA) is 80.8 Å². The van der Waals surface area contributed by atoms with Crippen LogP contribution in [-0.2, 0) is 0 Å². The number of nitrogens with two attached hydrogens (primary N) is 1. The van der Waals surface area contributed by atoms with Crippen LogP contribution in [0.1, 0.15) is 18.0 Å². The molecule has 0 unspecified atom stereocenters. The second-order valence-electron chi connectivity index (χ2n) is 4.32. The van der Waals surface area contributed by atoms with E-state index in [4.69, 9.17) is 5.73 Å². The summed E-state index contributed by atoms with van der Waals surface area (Å²) in [6.45, 7) is 1.82. The molecule has 1 fully saturated rings. The molecular formula is C12H14N6. The van der Waals surface area contributed by atoms with Crippen molar-refractivity contribution < 1.29 is 0 Å². The quantitative estimate of drug-likeness (QED) is 0.840. The van der Waals surface area contributed by atoms with E-state index in [2.05, 4.69) is 24.8 Å². The first-order chi connectivity index (χ1) is 8.83. The van der Waals surface area contributed by atoms with Gasteiger partial charge in [0.25, 0.3) is 0 Å². The molecule has 6 nitrogen and oxygen atoms in total. The molecule has 1 aliphatic heterocycles. The van der Waals surface area contributed by atoms with Crippen LogP contribution < -0.4 is 10.6 Å². The highest BCUT2D eigenvalue weighted by molar-refractivity contribution is 5.33. The molecule has 1 saturated heterocycles. The molecule has 0 aromatic carbocycles. The van der Waals surface area contributed by atoms with Crippen molar-refractivity contribution in [1.82, 2.24) is 19.9 Å². The third kappa shape index (κ3) is 2.09. The van der Waals surface area contributed by atoms with Crippen molar-refractivity contribution in [3.05, 3.63) is 36.4 Å². The van der Waals surface area contributed by atoms with Gasteiger partial charge in [0.15, 0.2) is 0 Å². The van der Waals surface area contributed by atoms with E-state index in [0.29, 0.717) is 11.9 Å².